The van der Waals surface area contributed by atoms with Crippen molar-refractivity contribution in [2.75, 3.05) is 0 Å². The Morgan fingerprint density at radius 1 is 1.19 bits per heavy atom. The second-order valence-electron chi connectivity index (χ2n) is 12.5. The maximum Gasteiger partial charge on any atom is 0.303 e. The number of hydrogen-bond donors (Lipinski definition) is 1. The summed E-state index contributed by atoms with van der Waals surface area (Å²) >= 11 is 0. The van der Waals surface area contributed by atoms with Gasteiger partial charge in [0.05, 0.1) is 5.69 Å². The van der Waals surface area contributed by atoms with Crippen molar-refractivity contribution < 1.29 is 9.90 Å². The second kappa shape index (κ2) is 7.40. The van der Waals surface area contributed by atoms with Gasteiger partial charge in [-0.05, 0) is 90.9 Å². The molecule has 4 aliphatic carbocycles. The van der Waals surface area contributed by atoms with Gasteiger partial charge < -0.3 is 5.11 Å². The first-order chi connectivity index (χ1) is 15.1. The van der Waals surface area contributed by atoms with Crippen LogP contribution in [-0.2, 0) is 16.6 Å². The van der Waals surface area contributed by atoms with E-state index in [0.717, 1.165) is 30.6 Å². The summed E-state index contributed by atoms with van der Waals surface area (Å²) in [5, 5.41) is 9.19. The predicted molar refractivity (Wildman–Crippen MR) is 126 cm³/mol. The second-order valence-corrected chi connectivity index (χ2v) is 12.5. The van der Waals surface area contributed by atoms with E-state index in [1.54, 1.807) is 11.9 Å². The summed E-state index contributed by atoms with van der Waals surface area (Å²) in [5.74, 6) is 2.76. The maximum absolute atomic E-state index is 11.2. The van der Waals surface area contributed by atoms with Gasteiger partial charge in [0.15, 0.2) is 0 Å². The van der Waals surface area contributed by atoms with E-state index in [2.05, 4.69) is 51.9 Å². The van der Waals surface area contributed by atoms with Gasteiger partial charge in [-0.1, -0.05) is 46.3 Å². The van der Waals surface area contributed by atoms with Crippen LogP contribution in [0.4, 0.5) is 0 Å². The summed E-state index contributed by atoms with van der Waals surface area (Å²) in [6, 6.07) is 0. The van der Waals surface area contributed by atoms with E-state index < -0.39 is 5.97 Å². The van der Waals surface area contributed by atoms with E-state index in [1.165, 1.54) is 43.4 Å². The SMILES string of the molecule is C[C@H](CCC(=O)O)[C@H]1CC[C@H]2[C@@H]3CC=C4C(C)(C)c5ncncc5C[C@]4(C)[C@H]3CC[C@]12C. The van der Waals surface area contributed by atoms with Crippen molar-refractivity contribution in [3.8, 4) is 0 Å². The predicted octanol–water partition coefficient (Wildman–Crippen LogP) is 6.21. The van der Waals surface area contributed by atoms with Crippen LogP contribution in [0.25, 0.3) is 0 Å². The smallest absolute Gasteiger partial charge is 0.303 e. The Labute approximate surface area is 193 Å². The molecule has 1 aromatic rings. The van der Waals surface area contributed by atoms with Gasteiger partial charge in [-0.2, -0.15) is 0 Å². The van der Waals surface area contributed by atoms with Gasteiger partial charge in [0.25, 0.3) is 0 Å². The Balaban J connectivity index is 1.45. The molecule has 2 fully saturated rings. The molecule has 5 rings (SSSR count). The lowest BCUT2D eigenvalue weighted by Crippen LogP contribution is -2.54. The molecular weight excluding hydrogens is 396 g/mol. The standard InChI is InChI=1S/C28H40N2O2/c1-17(6-11-24(31)32)20-8-9-21-19-7-10-23-26(2,3)25-18(15-29-16-30-25)14-28(23,5)22(19)12-13-27(20,21)4/h10,15-17,19-22H,6-9,11-14H2,1-5H3,(H,31,32)/t17-,19+,20-,21+,22+,27-,28-/m1/s1. The normalized spacial score (nSPS) is 40.3. The first kappa shape index (κ1) is 22.1. The molecule has 32 heavy (non-hydrogen) atoms. The van der Waals surface area contributed by atoms with Crippen molar-refractivity contribution in [3.05, 3.63) is 35.4 Å². The number of hydrogen-bond acceptors (Lipinski definition) is 3. The highest BCUT2D eigenvalue weighted by Gasteiger charge is 2.61. The van der Waals surface area contributed by atoms with Crippen LogP contribution in [0.15, 0.2) is 24.2 Å². The number of carboxylic acid groups (broad SMARTS) is 1. The topological polar surface area (TPSA) is 63.1 Å². The zero-order chi connectivity index (χ0) is 22.9. The van der Waals surface area contributed by atoms with E-state index in [1.807, 2.05) is 0 Å². The largest absolute Gasteiger partial charge is 0.481 e. The maximum atomic E-state index is 11.2. The molecule has 0 unspecified atom stereocenters. The van der Waals surface area contributed by atoms with E-state index in [-0.39, 0.29) is 10.8 Å². The van der Waals surface area contributed by atoms with Crippen LogP contribution in [0, 0.1) is 40.4 Å². The molecule has 0 radical (unpaired) electrons. The summed E-state index contributed by atoms with van der Waals surface area (Å²) in [6.45, 7) is 12.1. The van der Waals surface area contributed by atoms with Crippen LogP contribution in [-0.4, -0.2) is 21.0 Å². The van der Waals surface area contributed by atoms with Gasteiger partial charge in [0.1, 0.15) is 6.33 Å². The lowest BCUT2D eigenvalue weighted by atomic mass is 9.44. The zero-order valence-electron chi connectivity index (χ0n) is 20.5. The molecule has 2 saturated carbocycles. The number of carboxylic acids is 1. The fourth-order valence-electron chi connectivity index (χ4n) is 9.39. The summed E-state index contributed by atoms with van der Waals surface area (Å²) in [7, 11) is 0. The van der Waals surface area contributed by atoms with Gasteiger partial charge in [0.2, 0.25) is 0 Å². The Kier molecular flexibility index (Phi) is 5.11. The van der Waals surface area contributed by atoms with Crippen LogP contribution >= 0.6 is 0 Å². The molecule has 0 aromatic carbocycles. The summed E-state index contributed by atoms with van der Waals surface area (Å²) in [6.07, 6.45) is 15.0. The minimum Gasteiger partial charge on any atom is -0.481 e. The van der Waals surface area contributed by atoms with Crippen LogP contribution in [0.3, 0.4) is 0 Å². The van der Waals surface area contributed by atoms with Gasteiger partial charge >= 0.3 is 5.97 Å². The highest BCUT2D eigenvalue weighted by molar-refractivity contribution is 5.66. The number of fused-ring (bicyclic) bond motifs is 6. The fraction of sp³-hybridized carbons (Fsp3) is 0.750. The first-order valence-corrected chi connectivity index (χ1v) is 12.8. The van der Waals surface area contributed by atoms with E-state index in [9.17, 15) is 9.90 Å². The van der Waals surface area contributed by atoms with Crippen LogP contribution in [0.2, 0.25) is 0 Å². The van der Waals surface area contributed by atoms with E-state index >= 15 is 0 Å². The molecule has 0 spiro atoms. The van der Waals surface area contributed by atoms with E-state index in [0.29, 0.717) is 23.7 Å². The summed E-state index contributed by atoms with van der Waals surface area (Å²) < 4.78 is 0. The van der Waals surface area contributed by atoms with Gasteiger partial charge in [0, 0.05) is 18.0 Å². The van der Waals surface area contributed by atoms with Crippen molar-refractivity contribution in [1.82, 2.24) is 9.97 Å². The average molecular weight is 437 g/mol. The third-order valence-corrected chi connectivity index (χ3v) is 10.6. The summed E-state index contributed by atoms with van der Waals surface area (Å²) in [5.41, 5.74) is 4.72. The first-order valence-electron chi connectivity index (χ1n) is 12.8. The molecule has 4 aliphatic rings. The summed E-state index contributed by atoms with van der Waals surface area (Å²) in [4.78, 5) is 20.3. The van der Waals surface area contributed by atoms with E-state index in [4.69, 9.17) is 4.98 Å². The van der Waals surface area contributed by atoms with Crippen molar-refractivity contribution in [3.63, 3.8) is 0 Å². The molecule has 1 aromatic heterocycles. The molecule has 174 valence electrons. The lowest BCUT2D eigenvalue weighted by Gasteiger charge is -2.60. The molecule has 4 nitrogen and oxygen atoms in total. The van der Waals surface area contributed by atoms with Crippen LogP contribution in [0.5, 0.6) is 0 Å². The molecule has 4 heteroatoms. The Morgan fingerprint density at radius 2 is 1.97 bits per heavy atom. The van der Waals surface area contributed by atoms with Crippen molar-refractivity contribution in [2.24, 2.45) is 40.4 Å². The Morgan fingerprint density at radius 3 is 2.72 bits per heavy atom. The third kappa shape index (κ3) is 3.04. The highest BCUT2D eigenvalue weighted by Crippen LogP contribution is 2.68. The molecular formula is C28H40N2O2. The molecule has 1 N–H and O–H groups in total. The quantitative estimate of drug-likeness (QED) is 0.570. The molecule has 0 saturated heterocycles. The van der Waals surface area contributed by atoms with Gasteiger partial charge in [-0.25, -0.2) is 9.97 Å². The van der Waals surface area contributed by atoms with Gasteiger partial charge in [-0.15, -0.1) is 0 Å². The number of rotatable bonds is 4. The third-order valence-electron chi connectivity index (χ3n) is 10.6. The van der Waals surface area contributed by atoms with Crippen molar-refractivity contribution in [2.45, 2.75) is 91.4 Å². The lowest BCUT2D eigenvalue weighted by molar-refractivity contribution is -0.137. The average Bonchev–Trinajstić information content (AvgIpc) is 3.09. The van der Waals surface area contributed by atoms with Crippen molar-refractivity contribution in [1.29, 1.82) is 0 Å². The Bertz CT molecular complexity index is 953. The number of carbonyl (C=O) groups is 1. The molecule has 7 atom stereocenters. The zero-order valence-corrected chi connectivity index (χ0v) is 20.5. The number of aromatic nitrogens is 2. The monoisotopic (exact) mass is 436 g/mol. The fourth-order valence-corrected chi connectivity index (χ4v) is 9.39. The van der Waals surface area contributed by atoms with Crippen molar-refractivity contribution >= 4 is 5.97 Å². The van der Waals surface area contributed by atoms with Crippen LogP contribution in [0.1, 0.15) is 90.8 Å². The molecule has 0 amide bonds. The minimum absolute atomic E-state index is 0.0272. The number of aliphatic carboxylic acids is 1. The highest BCUT2D eigenvalue weighted by atomic mass is 16.4. The minimum atomic E-state index is -0.651. The molecule has 1 heterocycles. The Hall–Kier alpha value is -1.71. The number of nitrogens with zero attached hydrogens (tertiary/aromatic N) is 2. The molecule has 0 aliphatic heterocycles. The molecule has 0 bridgehead atoms. The number of allylic oxidation sites excluding steroid dienone is 2. The van der Waals surface area contributed by atoms with Gasteiger partial charge in [-0.3, -0.25) is 4.79 Å². The van der Waals surface area contributed by atoms with Crippen LogP contribution < -0.4 is 0 Å².